The molecule has 0 aliphatic heterocycles. The van der Waals surface area contributed by atoms with Crippen LogP contribution in [0.4, 0.5) is 0 Å². The van der Waals surface area contributed by atoms with Gasteiger partial charge in [-0.3, -0.25) is 4.79 Å². The molecule has 0 atom stereocenters. The number of esters is 1. The van der Waals surface area contributed by atoms with Gasteiger partial charge in [-0.15, -0.1) is 6.58 Å². The van der Waals surface area contributed by atoms with Crippen LogP contribution in [0.5, 0.6) is 0 Å². The average Bonchev–Trinajstić information content (AvgIpc) is 2.21. The molecule has 5 heteroatoms. The number of carbonyl (C=O) groups is 1. The molecule has 4 nitrogen and oxygen atoms in total. The molecule has 0 fully saturated rings. The Labute approximate surface area is 86.1 Å². The van der Waals surface area contributed by atoms with Crippen molar-refractivity contribution in [3.63, 3.8) is 0 Å². The van der Waals surface area contributed by atoms with Gasteiger partial charge in [0.15, 0.2) is 0 Å². The molecule has 0 rings (SSSR count). The van der Waals surface area contributed by atoms with Crippen LogP contribution in [0.15, 0.2) is 12.3 Å². The Morgan fingerprint density at radius 3 is 2.36 bits per heavy atom. The summed E-state index contributed by atoms with van der Waals surface area (Å²) in [6, 6.07) is 0.544. The first-order valence-electron chi connectivity index (χ1n) is 4.53. The highest BCUT2D eigenvalue weighted by Crippen LogP contribution is 2.15. The largest absolute Gasteiger partial charge is 0.466 e. The van der Waals surface area contributed by atoms with E-state index in [0.29, 0.717) is 19.1 Å². The molecule has 0 aliphatic rings. The van der Waals surface area contributed by atoms with E-state index in [9.17, 15) is 4.79 Å². The minimum absolute atomic E-state index is 0.222. The van der Waals surface area contributed by atoms with Crippen LogP contribution in [-0.2, 0) is 18.4 Å². The van der Waals surface area contributed by atoms with E-state index in [-0.39, 0.29) is 5.97 Å². The van der Waals surface area contributed by atoms with Crippen LogP contribution >= 0.6 is 0 Å². The van der Waals surface area contributed by atoms with Gasteiger partial charge in [-0.05, 0) is 12.6 Å². The Morgan fingerprint density at radius 2 is 2.00 bits per heavy atom. The van der Waals surface area contributed by atoms with Crippen molar-refractivity contribution in [3.8, 4) is 0 Å². The van der Waals surface area contributed by atoms with E-state index in [4.69, 9.17) is 13.6 Å². The van der Waals surface area contributed by atoms with Crippen molar-refractivity contribution in [2.45, 2.75) is 19.4 Å². The predicted octanol–water partition coefficient (Wildman–Crippen LogP) is 1.40. The maximum absolute atomic E-state index is 11.1. The summed E-state index contributed by atoms with van der Waals surface area (Å²) in [6.45, 7) is 5.84. The van der Waals surface area contributed by atoms with Crippen molar-refractivity contribution < 1.29 is 18.4 Å². The smallest absolute Gasteiger partial charge is 0.364 e. The molecule has 0 saturated carbocycles. The van der Waals surface area contributed by atoms with Crippen LogP contribution in [0.1, 0.15) is 13.3 Å². The van der Waals surface area contributed by atoms with Crippen molar-refractivity contribution in [1.29, 1.82) is 0 Å². The highest BCUT2D eigenvalue weighted by molar-refractivity contribution is 6.72. The van der Waals surface area contributed by atoms with E-state index in [2.05, 4.69) is 6.58 Å². The first-order valence-corrected chi connectivity index (χ1v) is 6.63. The van der Waals surface area contributed by atoms with E-state index in [1.54, 1.807) is 26.8 Å². The van der Waals surface area contributed by atoms with E-state index >= 15 is 0 Å². The molecule has 0 radical (unpaired) electrons. The lowest BCUT2D eigenvalue weighted by atomic mass is 10.5. The highest BCUT2D eigenvalue weighted by Gasteiger charge is 2.32. The monoisotopic (exact) mass is 218 g/mol. The fourth-order valence-electron chi connectivity index (χ4n) is 1.07. The topological polar surface area (TPSA) is 44.8 Å². The van der Waals surface area contributed by atoms with Crippen molar-refractivity contribution in [1.82, 2.24) is 0 Å². The lowest BCUT2D eigenvalue weighted by Gasteiger charge is -2.22. The van der Waals surface area contributed by atoms with E-state index in [0.717, 1.165) is 0 Å². The van der Waals surface area contributed by atoms with Crippen LogP contribution in [0, 0.1) is 0 Å². The summed E-state index contributed by atoms with van der Waals surface area (Å²) in [6.07, 6.45) is 0.313. The molecule has 0 N–H and O–H groups in total. The van der Waals surface area contributed by atoms with Gasteiger partial charge in [-0.25, -0.2) is 0 Å². The second kappa shape index (κ2) is 6.75. The lowest BCUT2D eigenvalue weighted by Crippen LogP contribution is -2.38. The third-order valence-electron chi connectivity index (χ3n) is 1.98. The third-order valence-corrected chi connectivity index (χ3v) is 4.94. The number of rotatable bonds is 7. The highest BCUT2D eigenvalue weighted by atomic mass is 28.4. The molecule has 0 aliphatic carbocycles. The van der Waals surface area contributed by atoms with Gasteiger partial charge in [0.2, 0.25) is 0 Å². The summed E-state index contributed by atoms with van der Waals surface area (Å²) in [5.74, 6) is -0.222. The van der Waals surface area contributed by atoms with E-state index < -0.39 is 8.56 Å². The van der Waals surface area contributed by atoms with Crippen molar-refractivity contribution >= 4 is 14.5 Å². The Bertz CT molecular complexity index is 189. The molecular weight excluding hydrogens is 200 g/mol. The summed E-state index contributed by atoms with van der Waals surface area (Å²) < 4.78 is 15.3. The molecular formula is C9H18O4Si. The molecule has 0 spiro atoms. The fourth-order valence-corrected chi connectivity index (χ4v) is 2.73. The zero-order valence-corrected chi connectivity index (χ0v) is 10.0. The number of hydrogen-bond acceptors (Lipinski definition) is 4. The number of carbonyl (C=O) groups excluding carboxylic acids is 1. The van der Waals surface area contributed by atoms with E-state index in [1.165, 1.54) is 0 Å². The first kappa shape index (κ1) is 13.3. The summed E-state index contributed by atoms with van der Waals surface area (Å²) in [7, 11) is 0.798. The molecule has 0 aromatic heterocycles. The third kappa shape index (κ3) is 4.04. The maximum Gasteiger partial charge on any atom is 0.364 e. The average molecular weight is 218 g/mol. The van der Waals surface area contributed by atoms with Crippen molar-refractivity contribution in [2.24, 2.45) is 0 Å². The SMILES string of the molecule is C=C[Si](CCC(=O)OCC)(OC)OC. The van der Waals surface area contributed by atoms with Crippen molar-refractivity contribution in [3.05, 3.63) is 12.3 Å². The molecule has 0 amide bonds. The predicted molar refractivity (Wildman–Crippen MR) is 56.0 cm³/mol. The van der Waals surface area contributed by atoms with Gasteiger partial charge in [0.05, 0.1) is 6.61 Å². The zero-order valence-electron chi connectivity index (χ0n) is 9.04. The second-order valence-corrected chi connectivity index (χ2v) is 6.08. The standard InChI is InChI=1S/C9H18O4Si/c1-5-13-9(10)7-8-14(6-2,11-3)12-4/h6H,2,5,7-8H2,1,3-4H3. The molecule has 0 bridgehead atoms. The van der Waals surface area contributed by atoms with Gasteiger partial charge in [-0.1, -0.05) is 0 Å². The summed E-state index contributed by atoms with van der Waals surface area (Å²) in [5, 5.41) is 0. The van der Waals surface area contributed by atoms with Gasteiger partial charge < -0.3 is 13.6 Å². The molecule has 0 aromatic rings. The minimum atomic E-state index is -2.35. The Hall–Kier alpha value is -0.653. The van der Waals surface area contributed by atoms with E-state index in [1.807, 2.05) is 0 Å². The van der Waals surface area contributed by atoms with Gasteiger partial charge in [-0.2, -0.15) is 0 Å². The lowest BCUT2D eigenvalue weighted by molar-refractivity contribution is -0.142. The fraction of sp³-hybridized carbons (Fsp3) is 0.667. The first-order chi connectivity index (χ1) is 6.64. The van der Waals surface area contributed by atoms with Crippen LogP contribution < -0.4 is 0 Å². The number of hydrogen-bond donors (Lipinski definition) is 0. The minimum Gasteiger partial charge on any atom is -0.466 e. The van der Waals surface area contributed by atoms with Crippen LogP contribution in [0.3, 0.4) is 0 Å². The summed E-state index contributed by atoms with van der Waals surface area (Å²) in [5.41, 5.74) is 1.67. The summed E-state index contributed by atoms with van der Waals surface area (Å²) >= 11 is 0. The van der Waals surface area contributed by atoms with Gasteiger partial charge in [0.1, 0.15) is 0 Å². The quantitative estimate of drug-likeness (QED) is 0.478. The molecule has 82 valence electrons. The molecule has 0 aromatic carbocycles. The Kier molecular flexibility index (Phi) is 6.43. The maximum atomic E-state index is 11.1. The molecule has 0 saturated heterocycles. The van der Waals surface area contributed by atoms with Crippen LogP contribution in [-0.4, -0.2) is 35.4 Å². The van der Waals surface area contributed by atoms with Gasteiger partial charge in [0, 0.05) is 26.7 Å². The second-order valence-electron chi connectivity index (χ2n) is 2.73. The summed E-state index contributed by atoms with van der Waals surface area (Å²) in [4.78, 5) is 11.1. The normalized spacial score (nSPS) is 11.1. The van der Waals surface area contributed by atoms with Gasteiger partial charge in [0.25, 0.3) is 0 Å². The Morgan fingerprint density at radius 1 is 1.43 bits per heavy atom. The molecule has 14 heavy (non-hydrogen) atoms. The molecule has 0 unspecified atom stereocenters. The van der Waals surface area contributed by atoms with Crippen LogP contribution in [0.2, 0.25) is 6.04 Å². The van der Waals surface area contributed by atoms with Gasteiger partial charge >= 0.3 is 14.5 Å². The Balaban J connectivity index is 4.05. The van der Waals surface area contributed by atoms with Crippen molar-refractivity contribution in [2.75, 3.05) is 20.8 Å². The number of ether oxygens (including phenoxy) is 1. The van der Waals surface area contributed by atoms with Crippen LogP contribution in [0.25, 0.3) is 0 Å². The molecule has 0 heterocycles. The zero-order chi connectivity index (χ0) is 11.0.